The molecule has 2 unspecified atom stereocenters. The number of hydrogen-bond donors (Lipinski definition) is 0. The van der Waals surface area contributed by atoms with Crippen molar-refractivity contribution in [3.8, 4) is 5.88 Å². The maximum atomic E-state index is 5.65. The topological polar surface area (TPSA) is 40.6 Å². The molecule has 2 heterocycles. The third-order valence-electron chi connectivity index (χ3n) is 1.87. The van der Waals surface area contributed by atoms with Crippen LogP contribution in [0, 0.1) is 0 Å². The molecule has 0 saturated carbocycles. The lowest BCUT2D eigenvalue weighted by molar-refractivity contribution is -0.0541. The fourth-order valence-corrected chi connectivity index (χ4v) is 2.01. The Morgan fingerprint density at radius 2 is 2.64 bits per heavy atom. The normalized spacial score (nSPS) is 26.7. The maximum Gasteiger partial charge on any atom is 0.225 e. The largest absolute Gasteiger partial charge is 0.480 e. The van der Waals surface area contributed by atoms with Crippen molar-refractivity contribution in [2.24, 2.45) is 0 Å². The second kappa shape index (κ2) is 4.44. The fourth-order valence-electron chi connectivity index (χ4n) is 1.16. The molecule has 78 valence electrons. The summed E-state index contributed by atoms with van der Waals surface area (Å²) in [6.45, 7) is 0.536. The molecule has 0 aliphatic carbocycles. The third-order valence-corrected chi connectivity index (χ3v) is 3.01. The third kappa shape index (κ3) is 2.00. The van der Waals surface area contributed by atoms with Crippen molar-refractivity contribution in [2.45, 2.75) is 12.4 Å². The first kappa shape index (κ1) is 10.2. The Morgan fingerprint density at radius 3 is 3.21 bits per heavy atom. The van der Waals surface area contributed by atoms with Gasteiger partial charge in [0.05, 0.1) is 30.6 Å². The van der Waals surface area contributed by atoms with Crippen LogP contribution in [-0.4, -0.2) is 30.1 Å². The molecule has 0 N–H and O–H groups in total. The number of methoxy groups -OCH3 is 1. The van der Waals surface area contributed by atoms with E-state index in [0.717, 1.165) is 4.88 Å². The molecular weight excluding hydrogens is 226 g/mol. The second-order valence-electron chi connectivity index (χ2n) is 2.85. The Bertz CT molecular complexity index is 307. The lowest BCUT2D eigenvalue weighted by atomic mass is 10.4. The number of halogens is 1. The average Bonchev–Trinajstić information content (AvgIpc) is 2.86. The van der Waals surface area contributed by atoms with Crippen LogP contribution in [0.25, 0.3) is 0 Å². The van der Waals surface area contributed by atoms with Crippen molar-refractivity contribution >= 4 is 23.1 Å². The van der Waals surface area contributed by atoms with Crippen LogP contribution in [0.2, 0.25) is 0 Å². The minimum Gasteiger partial charge on any atom is -0.480 e. The summed E-state index contributed by atoms with van der Waals surface area (Å²) in [5.41, 5.74) is 0. The molecule has 0 spiro atoms. The van der Waals surface area contributed by atoms with Gasteiger partial charge in [-0.15, -0.1) is 11.6 Å². The van der Waals surface area contributed by atoms with Crippen molar-refractivity contribution in [1.29, 1.82) is 0 Å². The van der Waals surface area contributed by atoms with Gasteiger partial charge in [0.2, 0.25) is 5.88 Å². The van der Waals surface area contributed by atoms with Crippen LogP contribution in [0.4, 0.5) is 0 Å². The highest BCUT2D eigenvalue weighted by Gasteiger charge is 2.28. The van der Waals surface area contributed by atoms with E-state index in [4.69, 9.17) is 25.8 Å². The molecule has 2 rings (SSSR count). The summed E-state index contributed by atoms with van der Waals surface area (Å²) in [7, 11) is 1.58. The van der Waals surface area contributed by atoms with E-state index in [2.05, 4.69) is 4.37 Å². The van der Waals surface area contributed by atoms with Gasteiger partial charge in [-0.2, -0.15) is 4.37 Å². The SMILES string of the molecule is COc1cc(C2OCC(CCl)O2)sn1. The molecule has 1 aliphatic heterocycles. The molecular formula is C8H10ClNO3S. The van der Waals surface area contributed by atoms with E-state index in [1.54, 1.807) is 7.11 Å². The molecule has 2 atom stereocenters. The van der Waals surface area contributed by atoms with Crippen LogP contribution in [0.15, 0.2) is 6.07 Å². The van der Waals surface area contributed by atoms with Crippen molar-refractivity contribution in [3.05, 3.63) is 10.9 Å². The Kier molecular flexibility index (Phi) is 3.22. The standard InChI is InChI=1S/C8H10ClNO3S/c1-11-7-2-6(14-10-7)8-12-4-5(3-9)13-8/h2,5,8H,3-4H2,1H3. The van der Waals surface area contributed by atoms with Crippen LogP contribution >= 0.6 is 23.1 Å². The Labute approximate surface area is 90.9 Å². The van der Waals surface area contributed by atoms with Crippen LogP contribution in [-0.2, 0) is 9.47 Å². The van der Waals surface area contributed by atoms with Crippen molar-refractivity contribution in [3.63, 3.8) is 0 Å². The van der Waals surface area contributed by atoms with Crippen LogP contribution in [0.1, 0.15) is 11.2 Å². The van der Waals surface area contributed by atoms with E-state index in [1.165, 1.54) is 11.5 Å². The molecule has 4 nitrogen and oxygen atoms in total. The van der Waals surface area contributed by atoms with Gasteiger partial charge in [-0.3, -0.25) is 0 Å². The first-order chi connectivity index (χ1) is 6.83. The zero-order valence-electron chi connectivity index (χ0n) is 7.60. The van der Waals surface area contributed by atoms with Gasteiger partial charge in [-0.25, -0.2) is 0 Å². The molecule has 1 fully saturated rings. The molecule has 0 bridgehead atoms. The zero-order valence-corrected chi connectivity index (χ0v) is 9.18. The highest BCUT2D eigenvalue weighted by Crippen LogP contribution is 2.31. The lowest BCUT2D eigenvalue weighted by Crippen LogP contribution is -2.10. The average molecular weight is 236 g/mol. The minimum absolute atomic E-state index is 0.0187. The van der Waals surface area contributed by atoms with E-state index in [1.807, 2.05) is 6.07 Å². The molecule has 1 aromatic heterocycles. The highest BCUT2D eigenvalue weighted by atomic mass is 35.5. The van der Waals surface area contributed by atoms with Gasteiger partial charge < -0.3 is 14.2 Å². The Hall–Kier alpha value is -0.360. The van der Waals surface area contributed by atoms with Gasteiger partial charge in [0.25, 0.3) is 0 Å². The second-order valence-corrected chi connectivity index (χ2v) is 3.99. The summed E-state index contributed by atoms with van der Waals surface area (Å²) in [4.78, 5) is 0.912. The maximum absolute atomic E-state index is 5.65. The first-order valence-corrected chi connectivity index (χ1v) is 5.48. The molecule has 0 radical (unpaired) electrons. The van der Waals surface area contributed by atoms with Crippen LogP contribution < -0.4 is 4.74 Å². The number of rotatable bonds is 3. The first-order valence-electron chi connectivity index (χ1n) is 4.17. The van der Waals surface area contributed by atoms with E-state index in [9.17, 15) is 0 Å². The van der Waals surface area contributed by atoms with Gasteiger partial charge in [-0.05, 0) is 11.5 Å². The molecule has 14 heavy (non-hydrogen) atoms. The summed E-state index contributed by atoms with van der Waals surface area (Å²) in [6.07, 6.45) is -0.352. The van der Waals surface area contributed by atoms with E-state index < -0.39 is 0 Å². The Morgan fingerprint density at radius 1 is 1.79 bits per heavy atom. The van der Waals surface area contributed by atoms with Crippen molar-refractivity contribution in [1.82, 2.24) is 4.37 Å². The number of aromatic nitrogens is 1. The van der Waals surface area contributed by atoms with E-state index in [-0.39, 0.29) is 12.4 Å². The smallest absolute Gasteiger partial charge is 0.225 e. The molecule has 1 aliphatic rings. The van der Waals surface area contributed by atoms with Crippen molar-refractivity contribution in [2.75, 3.05) is 19.6 Å². The summed E-state index contributed by atoms with van der Waals surface area (Å²) < 4.78 is 19.9. The summed E-state index contributed by atoms with van der Waals surface area (Å²) in [5.74, 6) is 1.04. The molecule has 1 aromatic rings. The van der Waals surface area contributed by atoms with Gasteiger partial charge in [-0.1, -0.05) is 0 Å². The van der Waals surface area contributed by atoms with Crippen molar-refractivity contribution < 1.29 is 14.2 Å². The molecule has 6 heteroatoms. The molecule has 0 amide bonds. The fraction of sp³-hybridized carbons (Fsp3) is 0.625. The Balaban J connectivity index is 2.02. The van der Waals surface area contributed by atoms with Gasteiger partial charge in [0.15, 0.2) is 6.29 Å². The van der Waals surface area contributed by atoms with Gasteiger partial charge in [0.1, 0.15) is 0 Å². The predicted octanol–water partition coefficient (Wildman–Crippen LogP) is 1.80. The van der Waals surface area contributed by atoms with Crippen LogP contribution in [0.3, 0.4) is 0 Å². The molecule has 1 saturated heterocycles. The number of ether oxygens (including phenoxy) is 3. The predicted molar refractivity (Wildman–Crippen MR) is 53.0 cm³/mol. The monoisotopic (exact) mass is 235 g/mol. The number of hydrogen-bond acceptors (Lipinski definition) is 5. The summed E-state index contributed by atoms with van der Waals surface area (Å²) >= 11 is 6.97. The molecule has 0 aromatic carbocycles. The van der Waals surface area contributed by atoms with Gasteiger partial charge in [0, 0.05) is 6.07 Å². The summed E-state index contributed by atoms with van der Waals surface area (Å²) in [5, 5.41) is 0. The highest BCUT2D eigenvalue weighted by molar-refractivity contribution is 7.06. The van der Waals surface area contributed by atoms with E-state index >= 15 is 0 Å². The van der Waals surface area contributed by atoms with E-state index in [0.29, 0.717) is 18.4 Å². The number of alkyl halides is 1. The van der Waals surface area contributed by atoms with Crippen LogP contribution in [0.5, 0.6) is 5.88 Å². The lowest BCUT2D eigenvalue weighted by Gasteiger charge is -2.06. The number of nitrogens with zero attached hydrogens (tertiary/aromatic N) is 1. The zero-order chi connectivity index (χ0) is 9.97. The van der Waals surface area contributed by atoms with Gasteiger partial charge >= 0.3 is 0 Å². The minimum atomic E-state index is -0.333. The summed E-state index contributed by atoms with van der Waals surface area (Å²) in [6, 6.07) is 1.81. The quantitative estimate of drug-likeness (QED) is 0.750.